The van der Waals surface area contributed by atoms with E-state index in [9.17, 15) is 9.59 Å². The average molecular weight is 312 g/mol. The van der Waals surface area contributed by atoms with Gasteiger partial charge < -0.3 is 10.1 Å². The second kappa shape index (κ2) is 8.14. The predicted octanol–water partition coefficient (Wildman–Crippen LogP) is 2.82. The molecule has 118 valence electrons. The number of anilines is 1. The first-order valence-electron chi connectivity index (χ1n) is 7.07. The van der Waals surface area contributed by atoms with Crippen LogP contribution in [0.25, 0.3) is 0 Å². The van der Waals surface area contributed by atoms with Gasteiger partial charge in [0, 0.05) is 4.88 Å². The van der Waals surface area contributed by atoms with Crippen LogP contribution in [0.3, 0.4) is 0 Å². The molecular formula is C15H24N2O3S. The monoisotopic (exact) mass is 312 g/mol. The highest BCUT2D eigenvalue weighted by atomic mass is 32.1. The van der Waals surface area contributed by atoms with Gasteiger partial charge in [0.25, 0.3) is 0 Å². The minimum absolute atomic E-state index is 0.111. The van der Waals surface area contributed by atoms with Crippen molar-refractivity contribution in [3.63, 3.8) is 0 Å². The molecule has 1 rings (SSSR count). The third-order valence-electron chi connectivity index (χ3n) is 3.33. The first-order chi connectivity index (χ1) is 9.90. The number of thiophene rings is 1. The SMILES string of the molecule is CCCCN(C)CC(=O)Nc1sc(C)c(C)c1C(=O)OC. The number of carbonyl (C=O) groups excluding carboxylic acids is 2. The van der Waals surface area contributed by atoms with Gasteiger partial charge in [-0.15, -0.1) is 11.3 Å². The van der Waals surface area contributed by atoms with Crippen LogP contribution < -0.4 is 5.32 Å². The standard InChI is InChI=1S/C15H24N2O3S/c1-6-7-8-17(4)9-12(18)16-14-13(15(19)20-5)10(2)11(3)21-14/h6-9H2,1-5H3,(H,16,18). The van der Waals surface area contributed by atoms with Crippen molar-refractivity contribution >= 4 is 28.2 Å². The average Bonchev–Trinajstić information content (AvgIpc) is 2.70. The summed E-state index contributed by atoms with van der Waals surface area (Å²) in [5.41, 5.74) is 1.33. The van der Waals surface area contributed by atoms with Gasteiger partial charge in [-0.05, 0) is 39.4 Å². The number of nitrogens with one attached hydrogen (secondary N) is 1. The van der Waals surface area contributed by atoms with Crippen LogP contribution in [-0.4, -0.2) is 44.0 Å². The van der Waals surface area contributed by atoms with Gasteiger partial charge in [-0.25, -0.2) is 4.79 Å². The van der Waals surface area contributed by atoms with Crippen molar-refractivity contribution < 1.29 is 14.3 Å². The zero-order valence-electron chi connectivity index (χ0n) is 13.4. The number of ether oxygens (including phenoxy) is 1. The Morgan fingerprint density at radius 1 is 1.33 bits per heavy atom. The lowest BCUT2D eigenvalue weighted by Crippen LogP contribution is -2.31. The number of likely N-dealkylation sites (N-methyl/N-ethyl adjacent to an activating group) is 1. The first-order valence-corrected chi connectivity index (χ1v) is 7.89. The molecular weight excluding hydrogens is 288 g/mol. The second-order valence-corrected chi connectivity index (χ2v) is 6.34. The Morgan fingerprint density at radius 2 is 2.00 bits per heavy atom. The molecule has 1 aromatic rings. The van der Waals surface area contributed by atoms with Crippen LogP contribution in [0.1, 0.15) is 40.6 Å². The molecule has 0 saturated heterocycles. The van der Waals surface area contributed by atoms with E-state index in [0.717, 1.165) is 29.8 Å². The fourth-order valence-corrected chi connectivity index (χ4v) is 3.05. The molecule has 0 fully saturated rings. The van der Waals surface area contributed by atoms with Crippen LogP contribution in [0.15, 0.2) is 0 Å². The van der Waals surface area contributed by atoms with Crippen molar-refractivity contribution in [3.8, 4) is 0 Å². The number of unbranched alkanes of at least 4 members (excludes halogenated alkanes) is 1. The summed E-state index contributed by atoms with van der Waals surface area (Å²) in [6, 6.07) is 0. The van der Waals surface area contributed by atoms with E-state index in [2.05, 4.69) is 12.2 Å². The Balaban J connectivity index is 2.76. The molecule has 1 amide bonds. The number of nitrogens with zero attached hydrogens (tertiary/aromatic N) is 1. The van der Waals surface area contributed by atoms with Gasteiger partial charge in [0.2, 0.25) is 5.91 Å². The quantitative estimate of drug-likeness (QED) is 0.787. The zero-order valence-corrected chi connectivity index (χ0v) is 14.2. The van der Waals surface area contributed by atoms with Crippen molar-refractivity contribution in [2.45, 2.75) is 33.6 Å². The van der Waals surface area contributed by atoms with Gasteiger partial charge in [0.05, 0.1) is 19.2 Å². The lowest BCUT2D eigenvalue weighted by molar-refractivity contribution is -0.117. The molecule has 0 saturated carbocycles. The second-order valence-electron chi connectivity index (χ2n) is 5.12. The number of aryl methyl sites for hydroxylation is 1. The normalized spacial score (nSPS) is 10.8. The van der Waals surface area contributed by atoms with Crippen molar-refractivity contribution in [2.24, 2.45) is 0 Å². The lowest BCUT2D eigenvalue weighted by Gasteiger charge is -2.15. The Bertz CT molecular complexity index is 511. The molecule has 0 aliphatic carbocycles. The van der Waals surface area contributed by atoms with Gasteiger partial charge in [0.1, 0.15) is 5.00 Å². The molecule has 0 aliphatic rings. The van der Waals surface area contributed by atoms with E-state index < -0.39 is 5.97 Å². The number of esters is 1. The summed E-state index contributed by atoms with van der Waals surface area (Å²) in [5.74, 6) is -0.522. The molecule has 21 heavy (non-hydrogen) atoms. The van der Waals surface area contributed by atoms with Crippen molar-refractivity contribution in [3.05, 3.63) is 16.0 Å². The number of hydrogen-bond acceptors (Lipinski definition) is 5. The van der Waals surface area contributed by atoms with Crippen LogP contribution in [0.4, 0.5) is 5.00 Å². The first kappa shape index (κ1) is 17.7. The van der Waals surface area contributed by atoms with E-state index >= 15 is 0 Å². The summed E-state index contributed by atoms with van der Waals surface area (Å²) in [6.45, 7) is 7.11. The van der Waals surface area contributed by atoms with E-state index in [1.807, 2.05) is 25.8 Å². The van der Waals surface area contributed by atoms with Gasteiger partial charge in [-0.2, -0.15) is 0 Å². The van der Waals surface area contributed by atoms with E-state index in [4.69, 9.17) is 4.74 Å². The van der Waals surface area contributed by atoms with E-state index in [-0.39, 0.29) is 5.91 Å². The topological polar surface area (TPSA) is 58.6 Å². The van der Waals surface area contributed by atoms with E-state index in [1.165, 1.54) is 18.4 Å². The summed E-state index contributed by atoms with van der Waals surface area (Å²) in [5, 5.41) is 3.41. The van der Waals surface area contributed by atoms with Gasteiger partial charge >= 0.3 is 5.97 Å². The maximum absolute atomic E-state index is 12.1. The zero-order chi connectivity index (χ0) is 16.0. The summed E-state index contributed by atoms with van der Waals surface area (Å²) in [7, 11) is 3.26. The Kier molecular flexibility index (Phi) is 6.84. The summed E-state index contributed by atoms with van der Waals surface area (Å²) < 4.78 is 4.79. The van der Waals surface area contributed by atoms with Crippen molar-refractivity contribution in [2.75, 3.05) is 32.6 Å². The van der Waals surface area contributed by atoms with Crippen LogP contribution in [0.5, 0.6) is 0 Å². The molecule has 0 radical (unpaired) electrons. The minimum atomic E-state index is -0.411. The van der Waals surface area contributed by atoms with E-state index in [0.29, 0.717) is 17.1 Å². The smallest absolute Gasteiger partial charge is 0.341 e. The maximum atomic E-state index is 12.1. The highest BCUT2D eigenvalue weighted by molar-refractivity contribution is 7.16. The molecule has 1 aromatic heterocycles. The third kappa shape index (κ3) is 4.82. The highest BCUT2D eigenvalue weighted by Gasteiger charge is 2.21. The Morgan fingerprint density at radius 3 is 2.57 bits per heavy atom. The molecule has 1 N–H and O–H groups in total. The summed E-state index contributed by atoms with van der Waals surface area (Å²) >= 11 is 1.41. The number of carbonyl (C=O) groups is 2. The van der Waals surface area contributed by atoms with Crippen LogP contribution in [0.2, 0.25) is 0 Å². The van der Waals surface area contributed by atoms with Crippen molar-refractivity contribution in [1.29, 1.82) is 0 Å². The summed E-state index contributed by atoms with van der Waals surface area (Å²) in [6.07, 6.45) is 2.16. The highest BCUT2D eigenvalue weighted by Crippen LogP contribution is 2.32. The molecule has 1 heterocycles. The largest absolute Gasteiger partial charge is 0.465 e. The fourth-order valence-electron chi connectivity index (χ4n) is 1.98. The molecule has 0 atom stereocenters. The number of amides is 1. The van der Waals surface area contributed by atoms with Gasteiger partial charge in [-0.1, -0.05) is 13.3 Å². The van der Waals surface area contributed by atoms with Crippen LogP contribution >= 0.6 is 11.3 Å². The Hall–Kier alpha value is -1.40. The number of rotatable bonds is 7. The van der Waals surface area contributed by atoms with Crippen LogP contribution in [0, 0.1) is 13.8 Å². The fraction of sp³-hybridized carbons (Fsp3) is 0.600. The van der Waals surface area contributed by atoms with E-state index in [1.54, 1.807) is 0 Å². The van der Waals surface area contributed by atoms with Gasteiger partial charge in [-0.3, -0.25) is 9.69 Å². The minimum Gasteiger partial charge on any atom is -0.465 e. The number of methoxy groups -OCH3 is 1. The molecule has 0 spiro atoms. The molecule has 0 unspecified atom stereocenters. The predicted molar refractivity (Wildman–Crippen MR) is 86.2 cm³/mol. The molecule has 5 nitrogen and oxygen atoms in total. The maximum Gasteiger partial charge on any atom is 0.341 e. The molecule has 0 aromatic carbocycles. The molecule has 0 aliphatic heterocycles. The molecule has 6 heteroatoms. The molecule has 0 bridgehead atoms. The summed E-state index contributed by atoms with van der Waals surface area (Å²) in [4.78, 5) is 26.9. The van der Waals surface area contributed by atoms with Crippen LogP contribution in [-0.2, 0) is 9.53 Å². The lowest BCUT2D eigenvalue weighted by atomic mass is 10.1. The Labute approximate surface area is 130 Å². The number of hydrogen-bond donors (Lipinski definition) is 1. The third-order valence-corrected chi connectivity index (χ3v) is 4.46. The van der Waals surface area contributed by atoms with Crippen molar-refractivity contribution in [1.82, 2.24) is 4.90 Å². The van der Waals surface area contributed by atoms with Gasteiger partial charge in [0.15, 0.2) is 0 Å².